The summed E-state index contributed by atoms with van der Waals surface area (Å²) in [5, 5.41) is 5.95. The largest absolute Gasteiger partial charge is 0.454 e. The van der Waals surface area contributed by atoms with Gasteiger partial charge in [0.05, 0.1) is 10.4 Å². The molecule has 0 fully saturated rings. The fraction of sp³-hybridized carbons (Fsp3) is 0.455. The Kier molecular flexibility index (Phi) is 8.14. The van der Waals surface area contributed by atoms with Gasteiger partial charge in [-0.2, -0.15) is 0 Å². The highest BCUT2D eigenvalue weighted by Gasteiger charge is 2.27. The number of rotatable bonds is 8. The number of anilines is 1. The second-order valence-corrected chi connectivity index (χ2v) is 10.6. The molecule has 7 nitrogen and oxygen atoms in total. The van der Waals surface area contributed by atoms with Crippen LogP contribution in [0.4, 0.5) is 5.00 Å². The summed E-state index contributed by atoms with van der Waals surface area (Å²) in [6.45, 7) is 10.6. The number of ether oxygens (including phenoxy) is 1. The molecule has 2 amide bonds. The molecular weight excluding hydrogens is 436 g/mol. The number of nitrogens with one attached hydrogen (secondary N) is 2. The van der Waals surface area contributed by atoms with Crippen molar-refractivity contribution in [1.29, 1.82) is 0 Å². The number of amides is 2. The van der Waals surface area contributed by atoms with Crippen molar-refractivity contribution in [2.75, 3.05) is 18.5 Å². The lowest BCUT2D eigenvalue weighted by molar-refractivity contribution is -0.123. The smallest absolute Gasteiger partial charge is 0.341 e. The number of carbonyl (C=O) groups excluding carboxylic acids is 4. The molecule has 168 valence electrons. The van der Waals surface area contributed by atoms with Crippen LogP contribution in [0.3, 0.4) is 0 Å². The number of ketones is 1. The summed E-state index contributed by atoms with van der Waals surface area (Å²) in [6.07, 6.45) is 0.627. The van der Waals surface area contributed by atoms with E-state index in [1.54, 1.807) is 33.8 Å². The minimum atomic E-state index is -0.637. The minimum Gasteiger partial charge on any atom is -0.454 e. The van der Waals surface area contributed by atoms with Crippen LogP contribution in [0.25, 0.3) is 0 Å². The van der Waals surface area contributed by atoms with Crippen molar-refractivity contribution in [1.82, 2.24) is 5.32 Å². The van der Waals surface area contributed by atoms with E-state index in [1.165, 1.54) is 29.6 Å². The second-order valence-electron chi connectivity index (χ2n) is 8.19. The topological polar surface area (TPSA) is 102 Å². The summed E-state index contributed by atoms with van der Waals surface area (Å²) in [5.74, 6) is -1.24. The second kappa shape index (κ2) is 10.2. The van der Waals surface area contributed by atoms with Crippen molar-refractivity contribution in [3.8, 4) is 0 Å². The molecule has 0 saturated carbocycles. The average Bonchev–Trinajstić information content (AvgIpc) is 3.23. The highest BCUT2D eigenvalue weighted by Crippen LogP contribution is 2.34. The third-order valence-electron chi connectivity index (χ3n) is 4.51. The fourth-order valence-corrected chi connectivity index (χ4v) is 4.52. The third kappa shape index (κ3) is 6.73. The first kappa shape index (κ1) is 24.7. The monoisotopic (exact) mass is 464 g/mol. The maximum absolute atomic E-state index is 12.7. The molecule has 0 unspecified atom stereocenters. The maximum atomic E-state index is 12.7. The summed E-state index contributed by atoms with van der Waals surface area (Å²) >= 11 is 2.63. The lowest BCUT2D eigenvalue weighted by Crippen LogP contribution is -2.28. The van der Waals surface area contributed by atoms with Crippen LogP contribution in [-0.2, 0) is 20.7 Å². The lowest BCUT2D eigenvalue weighted by Gasteiger charge is -2.17. The Morgan fingerprint density at radius 2 is 1.74 bits per heavy atom. The van der Waals surface area contributed by atoms with E-state index in [-0.39, 0.29) is 29.8 Å². The first-order valence-electron chi connectivity index (χ1n) is 9.85. The van der Waals surface area contributed by atoms with Gasteiger partial charge in [0.25, 0.3) is 0 Å². The van der Waals surface area contributed by atoms with E-state index in [0.717, 1.165) is 15.3 Å². The maximum Gasteiger partial charge on any atom is 0.341 e. The van der Waals surface area contributed by atoms with Crippen molar-refractivity contribution in [2.24, 2.45) is 5.41 Å². The van der Waals surface area contributed by atoms with Crippen molar-refractivity contribution < 1.29 is 23.9 Å². The van der Waals surface area contributed by atoms with E-state index in [1.807, 2.05) is 13.0 Å². The molecule has 0 atom stereocenters. The number of hydrogen-bond donors (Lipinski definition) is 2. The van der Waals surface area contributed by atoms with Crippen LogP contribution >= 0.6 is 22.7 Å². The van der Waals surface area contributed by atoms with Crippen molar-refractivity contribution in [3.05, 3.63) is 37.9 Å². The number of aryl methyl sites for hydroxylation is 1. The Balaban J connectivity index is 2.03. The molecule has 0 aliphatic rings. The van der Waals surface area contributed by atoms with Gasteiger partial charge in [-0.1, -0.05) is 20.8 Å². The fourth-order valence-electron chi connectivity index (χ4n) is 2.55. The highest BCUT2D eigenvalue weighted by molar-refractivity contribution is 7.16. The Labute approximate surface area is 190 Å². The Morgan fingerprint density at radius 1 is 1.06 bits per heavy atom. The zero-order valence-corrected chi connectivity index (χ0v) is 20.3. The average molecular weight is 465 g/mol. The molecule has 0 bridgehead atoms. The third-order valence-corrected chi connectivity index (χ3v) is 6.82. The van der Waals surface area contributed by atoms with E-state index in [0.29, 0.717) is 22.8 Å². The van der Waals surface area contributed by atoms with Crippen LogP contribution < -0.4 is 10.6 Å². The number of esters is 1. The molecule has 0 aromatic carbocycles. The molecule has 0 radical (unpaired) electrons. The van der Waals surface area contributed by atoms with Crippen LogP contribution in [-0.4, -0.2) is 36.7 Å². The number of Topliss-reactive ketones (excluding diaryl/α,β-unsaturated/α-hetero) is 1. The van der Waals surface area contributed by atoms with Crippen molar-refractivity contribution in [3.63, 3.8) is 0 Å². The van der Waals surface area contributed by atoms with Crippen LogP contribution in [0.2, 0.25) is 0 Å². The van der Waals surface area contributed by atoms with Gasteiger partial charge in [0.1, 0.15) is 5.00 Å². The first-order valence-corrected chi connectivity index (χ1v) is 11.5. The molecule has 0 spiro atoms. The van der Waals surface area contributed by atoms with Crippen LogP contribution in [0.15, 0.2) is 12.1 Å². The number of carbonyl (C=O) groups is 4. The molecule has 2 aromatic rings. The highest BCUT2D eigenvalue weighted by atomic mass is 32.1. The molecule has 9 heteroatoms. The van der Waals surface area contributed by atoms with E-state index in [2.05, 4.69) is 10.6 Å². The molecule has 2 heterocycles. The molecule has 0 aliphatic carbocycles. The van der Waals surface area contributed by atoms with Gasteiger partial charge in [0, 0.05) is 28.6 Å². The standard InChI is InChI=1S/C22H28N2O5S2/c1-12-13(2)30-19(24-21(28)22(4,5)6)18(12)20(27)29-11-16(26)17-8-7-15(31-17)9-10-23-14(3)25/h7-8H,9-11H2,1-6H3,(H,23,25)(H,24,28). The van der Waals surface area contributed by atoms with Crippen LogP contribution in [0.1, 0.15) is 63.0 Å². The van der Waals surface area contributed by atoms with Crippen molar-refractivity contribution >= 4 is 51.2 Å². The zero-order valence-electron chi connectivity index (χ0n) is 18.6. The van der Waals surface area contributed by atoms with Gasteiger partial charge in [-0.25, -0.2) is 4.79 Å². The predicted molar refractivity (Wildman–Crippen MR) is 123 cm³/mol. The number of thiophene rings is 2. The summed E-state index contributed by atoms with van der Waals surface area (Å²) < 4.78 is 5.28. The summed E-state index contributed by atoms with van der Waals surface area (Å²) in [5.41, 5.74) is 0.401. The predicted octanol–water partition coefficient (Wildman–Crippen LogP) is 4.13. The molecule has 0 saturated heterocycles. The molecule has 2 N–H and O–H groups in total. The molecule has 31 heavy (non-hydrogen) atoms. The Morgan fingerprint density at radius 3 is 2.35 bits per heavy atom. The summed E-state index contributed by atoms with van der Waals surface area (Å²) in [7, 11) is 0. The molecule has 0 aliphatic heterocycles. The van der Waals surface area contributed by atoms with Gasteiger partial charge in [-0.05, 0) is 38.0 Å². The molecule has 2 rings (SSSR count). The van der Waals surface area contributed by atoms with E-state index < -0.39 is 11.4 Å². The SMILES string of the molecule is CC(=O)NCCc1ccc(C(=O)COC(=O)c2c(NC(=O)C(C)(C)C)sc(C)c2C)s1. The van der Waals surface area contributed by atoms with Gasteiger partial charge < -0.3 is 15.4 Å². The van der Waals surface area contributed by atoms with Gasteiger partial charge in [-0.3, -0.25) is 14.4 Å². The summed E-state index contributed by atoms with van der Waals surface area (Å²) in [4.78, 5) is 50.8. The van der Waals surface area contributed by atoms with E-state index in [9.17, 15) is 19.2 Å². The van der Waals surface area contributed by atoms with E-state index in [4.69, 9.17) is 4.74 Å². The Hall–Kier alpha value is -2.52. The quantitative estimate of drug-likeness (QED) is 0.452. The van der Waals surface area contributed by atoms with E-state index >= 15 is 0 Å². The first-order chi connectivity index (χ1) is 14.4. The van der Waals surface area contributed by atoms with Crippen LogP contribution in [0.5, 0.6) is 0 Å². The number of hydrogen-bond acceptors (Lipinski definition) is 7. The van der Waals surface area contributed by atoms with Gasteiger partial charge in [0.2, 0.25) is 17.6 Å². The lowest BCUT2D eigenvalue weighted by atomic mass is 9.96. The van der Waals surface area contributed by atoms with Gasteiger partial charge >= 0.3 is 5.97 Å². The van der Waals surface area contributed by atoms with Crippen molar-refractivity contribution in [2.45, 2.75) is 48.0 Å². The molecule has 2 aromatic heterocycles. The Bertz CT molecular complexity index is 998. The van der Waals surface area contributed by atoms with Crippen LogP contribution in [0, 0.1) is 19.3 Å². The normalized spacial score (nSPS) is 11.2. The van der Waals surface area contributed by atoms with Gasteiger partial charge in [0.15, 0.2) is 6.61 Å². The van der Waals surface area contributed by atoms with Gasteiger partial charge in [-0.15, -0.1) is 22.7 Å². The zero-order chi connectivity index (χ0) is 23.3. The molecular formula is C22H28N2O5S2. The minimum absolute atomic E-state index is 0.100. The summed E-state index contributed by atoms with van der Waals surface area (Å²) in [6, 6.07) is 3.52.